The van der Waals surface area contributed by atoms with Crippen molar-refractivity contribution < 1.29 is 24.2 Å². The molecule has 1 saturated heterocycles. The molecule has 1 aromatic rings. The molecule has 0 radical (unpaired) electrons. The second-order valence-electron chi connectivity index (χ2n) is 5.42. The Labute approximate surface area is 135 Å². The van der Waals surface area contributed by atoms with Gasteiger partial charge < -0.3 is 24.8 Å². The number of methoxy groups -OCH3 is 1. The monoisotopic (exact) mass is 322 g/mol. The van der Waals surface area contributed by atoms with E-state index in [0.29, 0.717) is 44.0 Å². The highest BCUT2D eigenvalue weighted by atomic mass is 16.5. The first-order chi connectivity index (χ1) is 11.1. The fourth-order valence-electron chi connectivity index (χ4n) is 2.47. The van der Waals surface area contributed by atoms with E-state index in [-0.39, 0.29) is 12.6 Å². The normalized spacial score (nSPS) is 17.6. The van der Waals surface area contributed by atoms with Gasteiger partial charge in [-0.05, 0) is 25.0 Å². The van der Waals surface area contributed by atoms with Crippen molar-refractivity contribution in [3.63, 3.8) is 0 Å². The molecule has 7 nitrogen and oxygen atoms in total. The number of rotatable bonds is 6. The maximum atomic E-state index is 12.3. The minimum Gasteiger partial charge on any atom is -0.491 e. The molecule has 126 valence electrons. The molecule has 0 bridgehead atoms. The summed E-state index contributed by atoms with van der Waals surface area (Å²) in [5.41, 5.74) is 0.613. The number of hydrogen-bond acceptors (Lipinski definition) is 4. The second-order valence-corrected chi connectivity index (χ2v) is 5.42. The maximum Gasteiger partial charge on any atom is 0.321 e. The third kappa shape index (κ3) is 5.14. The summed E-state index contributed by atoms with van der Waals surface area (Å²) in [6.45, 7) is 1.73. The Hall–Kier alpha value is -2.28. The van der Waals surface area contributed by atoms with E-state index < -0.39 is 11.9 Å². The number of carboxylic acids is 1. The fourth-order valence-corrected chi connectivity index (χ4v) is 2.47. The molecule has 0 aliphatic carbocycles. The fraction of sp³-hybridized carbons (Fsp3) is 0.500. The molecule has 2 amide bonds. The lowest BCUT2D eigenvalue weighted by atomic mass is 9.99. The summed E-state index contributed by atoms with van der Waals surface area (Å²) in [7, 11) is 1.60. The highest BCUT2D eigenvalue weighted by Gasteiger charge is 2.28. The molecule has 1 heterocycles. The lowest BCUT2D eigenvalue weighted by Gasteiger charge is -2.30. The van der Waals surface area contributed by atoms with Crippen molar-refractivity contribution in [2.75, 3.05) is 38.7 Å². The van der Waals surface area contributed by atoms with Crippen molar-refractivity contribution >= 4 is 17.7 Å². The van der Waals surface area contributed by atoms with E-state index in [1.165, 1.54) is 0 Å². The molecular weight excluding hydrogens is 300 g/mol. The molecule has 2 rings (SSSR count). The van der Waals surface area contributed by atoms with Gasteiger partial charge in [0.2, 0.25) is 0 Å². The first kappa shape index (κ1) is 17.1. The van der Waals surface area contributed by atoms with Crippen LogP contribution in [0.25, 0.3) is 0 Å². The van der Waals surface area contributed by atoms with Crippen LogP contribution in [0.4, 0.5) is 10.5 Å². The van der Waals surface area contributed by atoms with E-state index in [0.717, 1.165) is 0 Å². The van der Waals surface area contributed by atoms with Gasteiger partial charge in [-0.3, -0.25) is 4.79 Å². The Balaban J connectivity index is 1.91. The molecule has 1 aliphatic rings. The van der Waals surface area contributed by atoms with Crippen molar-refractivity contribution in [2.24, 2.45) is 5.92 Å². The summed E-state index contributed by atoms with van der Waals surface area (Å²) in [5.74, 6) is -0.698. The van der Waals surface area contributed by atoms with Crippen LogP contribution in [0.15, 0.2) is 24.3 Å². The summed E-state index contributed by atoms with van der Waals surface area (Å²) < 4.78 is 10.4. The zero-order valence-corrected chi connectivity index (χ0v) is 13.2. The summed E-state index contributed by atoms with van der Waals surface area (Å²) in [6.07, 6.45) is 1.31. The van der Waals surface area contributed by atoms with Crippen LogP contribution in [0.5, 0.6) is 5.75 Å². The van der Waals surface area contributed by atoms with Gasteiger partial charge in [0.1, 0.15) is 12.4 Å². The molecule has 2 N–H and O–H groups in total. The summed E-state index contributed by atoms with van der Waals surface area (Å²) in [4.78, 5) is 24.9. The smallest absolute Gasteiger partial charge is 0.321 e. The number of likely N-dealkylation sites (tertiary alicyclic amines) is 1. The second kappa shape index (κ2) is 8.38. The average Bonchev–Trinajstić information content (AvgIpc) is 2.55. The Kier molecular flexibility index (Phi) is 6.22. The van der Waals surface area contributed by atoms with Gasteiger partial charge in [0.05, 0.1) is 12.5 Å². The number of benzene rings is 1. The van der Waals surface area contributed by atoms with Gasteiger partial charge in [0.25, 0.3) is 0 Å². The number of nitrogens with zero attached hydrogens (tertiary/aromatic N) is 1. The van der Waals surface area contributed by atoms with Crippen molar-refractivity contribution in [3.8, 4) is 5.75 Å². The molecule has 1 aliphatic heterocycles. The van der Waals surface area contributed by atoms with Crippen LogP contribution >= 0.6 is 0 Å². The van der Waals surface area contributed by atoms with Crippen molar-refractivity contribution in [1.29, 1.82) is 0 Å². The topological polar surface area (TPSA) is 88.1 Å². The van der Waals surface area contributed by atoms with Crippen LogP contribution in [0.3, 0.4) is 0 Å². The van der Waals surface area contributed by atoms with Gasteiger partial charge in [-0.2, -0.15) is 0 Å². The third-order valence-corrected chi connectivity index (χ3v) is 3.70. The van der Waals surface area contributed by atoms with Gasteiger partial charge >= 0.3 is 12.0 Å². The number of nitrogens with one attached hydrogen (secondary N) is 1. The number of urea groups is 1. The van der Waals surface area contributed by atoms with E-state index >= 15 is 0 Å². The first-order valence-corrected chi connectivity index (χ1v) is 7.60. The van der Waals surface area contributed by atoms with E-state index in [4.69, 9.17) is 14.6 Å². The van der Waals surface area contributed by atoms with Crippen LogP contribution in [0.2, 0.25) is 0 Å². The molecule has 7 heteroatoms. The Bertz CT molecular complexity index is 549. The van der Waals surface area contributed by atoms with E-state index in [1.807, 2.05) is 0 Å². The number of anilines is 1. The number of piperidine rings is 1. The Morgan fingerprint density at radius 2 is 2.22 bits per heavy atom. The molecule has 0 aromatic heterocycles. The standard InChI is InChI=1S/C16H22N2O5/c1-22-8-9-23-14-6-2-5-13(10-14)17-16(21)18-7-3-4-12(11-18)15(19)20/h2,5-6,10,12H,3-4,7-9,11H2,1H3,(H,17,21)(H,19,20). The van der Waals surface area contributed by atoms with Crippen LogP contribution in [0, 0.1) is 5.92 Å². The predicted molar refractivity (Wildman–Crippen MR) is 84.8 cm³/mol. The highest BCUT2D eigenvalue weighted by Crippen LogP contribution is 2.20. The van der Waals surface area contributed by atoms with Gasteiger partial charge in [-0.25, -0.2) is 4.79 Å². The number of carbonyl (C=O) groups is 2. The quantitative estimate of drug-likeness (QED) is 0.783. The van der Waals surface area contributed by atoms with Gasteiger partial charge in [0, 0.05) is 32.0 Å². The number of carbonyl (C=O) groups excluding carboxylic acids is 1. The Morgan fingerprint density at radius 3 is 2.96 bits per heavy atom. The van der Waals surface area contributed by atoms with Crippen LogP contribution in [-0.4, -0.2) is 55.4 Å². The minimum absolute atomic E-state index is 0.241. The zero-order chi connectivity index (χ0) is 16.7. The lowest BCUT2D eigenvalue weighted by molar-refractivity contribution is -0.143. The average molecular weight is 322 g/mol. The molecule has 0 spiro atoms. The number of hydrogen-bond donors (Lipinski definition) is 2. The van der Waals surface area contributed by atoms with Crippen molar-refractivity contribution in [2.45, 2.75) is 12.8 Å². The van der Waals surface area contributed by atoms with Crippen molar-refractivity contribution in [3.05, 3.63) is 24.3 Å². The summed E-state index contributed by atoms with van der Waals surface area (Å²) >= 11 is 0. The number of carboxylic acid groups (broad SMARTS) is 1. The van der Waals surface area contributed by atoms with Crippen LogP contribution in [0.1, 0.15) is 12.8 Å². The van der Waals surface area contributed by atoms with E-state index in [1.54, 1.807) is 36.3 Å². The van der Waals surface area contributed by atoms with Gasteiger partial charge in [-0.15, -0.1) is 0 Å². The number of aliphatic carboxylic acids is 1. The minimum atomic E-state index is -0.851. The maximum absolute atomic E-state index is 12.3. The van der Waals surface area contributed by atoms with Gasteiger partial charge in [0.15, 0.2) is 0 Å². The SMILES string of the molecule is COCCOc1cccc(NC(=O)N2CCCC(C(=O)O)C2)c1. The van der Waals surface area contributed by atoms with E-state index in [2.05, 4.69) is 5.32 Å². The Morgan fingerprint density at radius 1 is 1.39 bits per heavy atom. The van der Waals surface area contributed by atoms with Crippen LogP contribution < -0.4 is 10.1 Å². The first-order valence-electron chi connectivity index (χ1n) is 7.60. The number of ether oxygens (including phenoxy) is 2. The summed E-state index contributed by atoms with van der Waals surface area (Å²) in [6, 6.07) is 6.79. The molecule has 1 atom stereocenters. The molecule has 1 aromatic carbocycles. The largest absolute Gasteiger partial charge is 0.491 e. The van der Waals surface area contributed by atoms with E-state index in [9.17, 15) is 9.59 Å². The lowest BCUT2D eigenvalue weighted by Crippen LogP contribution is -2.44. The summed E-state index contributed by atoms with van der Waals surface area (Å²) in [5, 5.41) is 11.9. The predicted octanol–water partition coefficient (Wildman–Crippen LogP) is 2.04. The zero-order valence-electron chi connectivity index (χ0n) is 13.2. The molecular formula is C16H22N2O5. The molecule has 1 unspecified atom stereocenters. The van der Waals surface area contributed by atoms with Crippen molar-refractivity contribution in [1.82, 2.24) is 4.90 Å². The van der Waals surface area contributed by atoms with Gasteiger partial charge in [-0.1, -0.05) is 6.07 Å². The van der Waals surface area contributed by atoms with Crippen LogP contribution in [-0.2, 0) is 9.53 Å². The molecule has 1 fully saturated rings. The highest BCUT2D eigenvalue weighted by molar-refractivity contribution is 5.90. The number of amides is 2. The third-order valence-electron chi connectivity index (χ3n) is 3.70. The molecule has 0 saturated carbocycles. The molecule has 23 heavy (non-hydrogen) atoms.